The molecule has 1 aromatic carbocycles. The van der Waals surface area contributed by atoms with Crippen molar-refractivity contribution < 1.29 is 0 Å². The van der Waals surface area contributed by atoms with Crippen LogP contribution in [0.5, 0.6) is 0 Å². The fourth-order valence-electron chi connectivity index (χ4n) is 3.12. The second-order valence-corrected chi connectivity index (χ2v) is 7.97. The molecule has 0 spiro atoms. The van der Waals surface area contributed by atoms with E-state index < -0.39 is 0 Å². The number of rotatable bonds is 3. The van der Waals surface area contributed by atoms with Gasteiger partial charge in [-0.1, -0.05) is 58.4 Å². The first-order chi connectivity index (χ1) is 9.68. The highest BCUT2D eigenvalue weighted by Gasteiger charge is 2.27. The number of hydrogen-bond acceptors (Lipinski definition) is 2. The van der Waals surface area contributed by atoms with Gasteiger partial charge < -0.3 is 5.73 Å². The summed E-state index contributed by atoms with van der Waals surface area (Å²) >= 11 is 0. The van der Waals surface area contributed by atoms with Crippen LogP contribution in [0.3, 0.4) is 0 Å². The van der Waals surface area contributed by atoms with Gasteiger partial charge in [0.25, 0.3) is 0 Å². The average molecular weight is 286 g/mol. The van der Waals surface area contributed by atoms with Gasteiger partial charge in [0.1, 0.15) is 0 Å². The van der Waals surface area contributed by atoms with Crippen molar-refractivity contribution in [1.29, 1.82) is 0 Å². The first-order valence-corrected chi connectivity index (χ1v) is 7.96. The van der Waals surface area contributed by atoms with Gasteiger partial charge in [-0.3, -0.25) is 4.90 Å². The number of nitrogens with two attached hydrogens (primary N) is 1. The second-order valence-electron chi connectivity index (χ2n) is 7.97. The molecule has 0 radical (unpaired) electrons. The molecule has 116 valence electrons. The van der Waals surface area contributed by atoms with Gasteiger partial charge in [-0.25, -0.2) is 0 Å². The Morgan fingerprint density at radius 3 is 2.14 bits per heavy atom. The van der Waals surface area contributed by atoms with Crippen molar-refractivity contribution in [2.75, 3.05) is 25.4 Å². The summed E-state index contributed by atoms with van der Waals surface area (Å²) in [5.41, 5.74) is 10.1. The van der Waals surface area contributed by atoms with E-state index in [0.717, 1.165) is 18.8 Å². The molecule has 0 aliphatic carbocycles. The molecule has 2 rings (SSSR count). The van der Waals surface area contributed by atoms with E-state index >= 15 is 0 Å². The van der Waals surface area contributed by atoms with Gasteiger partial charge in [0, 0.05) is 30.7 Å². The molecule has 0 saturated heterocycles. The van der Waals surface area contributed by atoms with Crippen LogP contribution < -0.4 is 5.73 Å². The second kappa shape index (κ2) is 5.84. The lowest BCUT2D eigenvalue weighted by Crippen LogP contribution is -2.40. The van der Waals surface area contributed by atoms with Crippen molar-refractivity contribution >= 4 is 5.69 Å². The zero-order valence-corrected chi connectivity index (χ0v) is 14.2. The van der Waals surface area contributed by atoms with Crippen LogP contribution in [-0.2, 0) is 5.41 Å². The maximum absolute atomic E-state index is 5.79. The van der Waals surface area contributed by atoms with E-state index in [0.29, 0.717) is 5.41 Å². The Labute approximate surface area is 130 Å². The molecule has 1 aliphatic heterocycles. The molecule has 0 atom stereocenters. The zero-order chi connectivity index (χ0) is 15.7. The van der Waals surface area contributed by atoms with Crippen molar-refractivity contribution in [1.82, 2.24) is 4.90 Å². The maximum Gasteiger partial charge on any atom is 0.0314 e. The largest absolute Gasteiger partial charge is 0.399 e. The number of nitrogens with zero attached hydrogens (tertiary/aromatic N) is 1. The molecule has 0 fully saturated rings. The minimum Gasteiger partial charge on any atom is -0.399 e. The molecule has 0 amide bonds. The topological polar surface area (TPSA) is 29.3 Å². The summed E-state index contributed by atoms with van der Waals surface area (Å²) in [4.78, 5) is 2.56. The Hall–Kier alpha value is -1.28. The summed E-state index contributed by atoms with van der Waals surface area (Å²) in [7, 11) is 0. The van der Waals surface area contributed by atoms with E-state index in [4.69, 9.17) is 5.73 Å². The van der Waals surface area contributed by atoms with Gasteiger partial charge in [-0.2, -0.15) is 0 Å². The molecule has 2 nitrogen and oxygen atoms in total. The van der Waals surface area contributed by atoms with Crippen LogP contribution in [0.2, 0.25) is 0 Å². The normalized spacial score (nSPS) is 17.7. The Bertz CT molecular complexity index is 503. The fourth-order valence-corrected chi connectivity index (χ4v) is 3.12. The van der Waals surface area contributed by atoms with Crippen molar-refractivity contribution in [3.63, 3.8) is 0 Å². The Morgan fingerprint density at radius 1 is 1.05 bits per heavy atom. The molecule has 1 aromatic rings. The third-order valence-electron chi connectivity index (χ3n) is 4.57. The molecule has 0 saturated carbocycles. The minimum atomic E-state index is 0.154. The number of benzene rings is 1. The van der Waals surface area contributed by atoms with Gasteiger partial charge >= 0.3 is 0 Å². The quantitative estimate of drug-likeness (QED) is 0.665. The summed E-state index contributed by atoms with van der Waals surface area (Å²) in [6, 6.07) is 8.33. The Morgan fingerprint density at radius 2 is 1.67 bits per heavy atom. The molecule has 0 unspecified atom stereocenters. The molecule has 1 aliphatic rings. The maximum atomic E-state index is 5.79. The van der Waals surface area contributed by atoms with Crippen molar-refractivity contribution in [3.8, 4) is 0 Å². The summed E-state index contributed by atoms with van der Waals surface area (Å²) < 4.78 is 0. The molecule has 0 bridgehead atoms. The number of hydrogen-bond donors (Lipinski definition) is 1. The molecular weight excluding hydrogens is 256 g/mol. The van der Waals surface area contributed by atoms with Gasteiger partial charge in [-0.05, 0) is 29.5 Å². The van der Waals surface area contributed by atoms with E-state index in [1.165, 1.54) is 18.5 Å². The smallest absolute Gasteiger partial charge is 0.0314 e. The summed E-state index contributed by atoms with van der Waals surface area (Å²) in [5.74, 6) is 0. The van der Waals surface area contributed by atoms with Crippen LogP contribution >= 0.6 is 0 Å². The fraction of sp³-hybridized carbons (Fsp3) is 0.579. The molecular formula is C19H30N2. The summed E-state index contributed by atoms with van der Waals surface area (Å²) in [6.07, 6.45) is 3.63. The predicted molar refractivity (Wildman–Crippen MR) is 92.5 cm³/mol. The van der Waals surface area contributed by atoms with Gasteiger partial charge in [0.2, 0.25) is 0 Å². The Balaban J connectivity index is 2.02. The highest BCUT2D eigenvalue weighted by Crippen LogP contribution is 2.32. The Kier molecular flexibility index (Phi) is 4.48. The van der Waals surface area contributed by atoms with Gasteiger partial charge in [0.05, 0.1) is 0 Å². The molecule has 2 heteroatoms. The van der Waals surface area contributed by atoms with Crippen LogP contribution in [0.15, 0.2) is 35.9 Å². The standard InChI is InChI=1S/C19H30N2/c1-18(2,3)15-10-12-21(13-11-15)14-19(4,5)16-6-8-17(20)9-7-16/h6-10H,11-14,20H2,1-5H3. The molecule has 21 heavy (non-hydrogen) atoms. The SMILES string of the molecule is CC(C)(C)C1=CCN(CC(C)(C)c2ccc(N)cc2)CC1. The van der Waals surface area contributed by atoms with Crippen molar-refractivity contribution in [2.24, 2.45) is 5.41 Å². The van der Waals surface area contributed by atoms with Crippen LogP contribution in [0.25, 0.3) is 0 Å². The first kappa shape index (κ1) is 16.1. The van der Waals surface area contributed by atoms with Crippen molar-refractivity contribution in [3.05, 3.63) is 41.5 Å². The summed E-state index contributed by atoms with van der Waals surface area (Å²) in [5, 5.41) is 0. The van der Waals surface area contributed by atoms with E-state index in [-0.39, 0.29) is 5.41 Å². The van der Waals surface area contributed by atoms with Crippen LogP contribution in [0, 0.1) is 5.41 Å². The van der Waals surface area contributed by atoms with E-state index in [2.05, 4.69) is 57.7 Å². The minimum absolute atomic E-state index is 0.154. The average Bonchev–Trinajstić information content (AvgIpc) is 2.38. The molecule has 1 heterocycles. The van der Waals surface area contributed by atoms with E-state index in [1.807, 2.05) is 12.1 Å². The van der Waals surface area contributed by atoms with Crippen LogP contribution in [0.1, 0.15) is 46.6 Å². The monoisotopic (exact) mass is 286 g/mol. The van der Waals surface area contributed by atoms with Crippen LogP contribution in [0.4, 0.5) is 5.69 Å². The first-order valence-electron chi connectivity index (χ1n) is 7.96. The molecule has 0 aromatic heterocycles. The van der Waals surface area contributed by atoms with E-state index in [1.54, 1.807) is 5.57 Å². The predicted octanol–water partition coefficient (Wildman–Crippen LogP) is 4.22. The number of nitrogen functional groups attached to an aromatic ring is 1. The summed E-state index contributed by atoms with van der Waals surface area (Å²) in [6.45, 7) is 14.9. The van der Waals surface area contributed by atoms with E-state index in [9.17, 15) is 0 Å². The van der Waals surface area contributed by atoms with Gasteiger partial charge in [-0.15, -0.1) is 0 Å². The lowest BCUT2D eigenvalue weighted by molar-refractivity contribution is 0.230. The molecule has 2 N–H and O–H groups in total. The lowest BCUT2D eigenvalue weighted by atomic mass is 9.81. The third-order valence-corrected chi connectivity index (χ3v) is 4.57. The van der Waals surface area contributed by atoms with Crippen molar-refractivity contribution in [2.45, 2.75) is 46.5 Å². The lowest BCUT2D eigenvalue weighted by Gasteiger charge is -2.37. The number of anilines is 1. The van der Waals surface area contributed by atoms with Crippen LogP contribution in [-0.4, -0.2) is 24.5 Å². The zero-order valence-electron chi connectivity index (χ0n) is 14.2. The third kappa shape index (κ3) is 4.10. The highest BCUT2D eigenvalue weighted by molar-refractivity contribution is 5.41. The van der Waals surface area contributed by atoms with Gasteiger partial charge in [0.15, 0.2) is 0 Å². The highest BCUT2D eigenvalue weighted by atomic mass is 15.1.